The van der Waals surface area contributed by atoms with Crippen molar-refractivity contribution in [2.45, 2.75) is 4.90 Å². The molecule has 1 heterocycles. The van der Waals surface area contributed by atoms with Gasteiger partial charge in [0.2, 0.25) is 10.0 Å². The van der Waals surface area contributed by atoms with E-state index < -0.39 is 10.0 Å². The fourth-order valence-electron chi connectivity index (χ4n) is 1.58. The van der Waals surface area contributed by atoms with Crippen LogP contribution in [0.15, 0.2) is 52.1 Å². The average molecular weight is 370 g/mol. The quantitative estimate of drug-likeness (QED) is 0.806. The number of benzene rings is 1. The number of hydrogen-bond donors (Lipinski definition) is 2. The largest absolute Gasteiger partial charge is 0.322 e. The number of pyridine rings is 1. The molecule has 0 spiro atoms. The predicted octanol–water partition coefficient (Wildman–Crippen LogP) is 2.00. The summed E-state index contributed by atoms with van der Waals surface area (Å²) in [6.07, 6.45) is 1.52. The zero-order chi connectivity index (χ0) is 15.5. The van der Waals surface area contributed by atoms with Crippen LogP contribution in [0.5, 0.6) is 0 Å². The number of anilines is 1. The van der Waals surface area contributed by atoms with Gasteiger partial charge in [0.25, 0.3) is 5.91 Å². The lowest BCUT2D eigenvalue weighted by atomic mass is 10.2. The van der Waals surface area contributed by atoms with Crippen LogP contribution >= 0.6 is 15.9 Å². The maximum atomic E-state index is 12.0. The minimum Gasteiger partial charge on any atom is -0.322 e. The molecule has 110 valence electrons. The Bertz CT molecular complexity index is 760. The number of aromatic nitrogens is 1. The van der Waals surface area contributed by atoms with Gasteiger partial charge in [-0.05, 0) is 59.4 Å². The number of sulfonamides is 1. The van der Waals surface area contributed by atoms with Gasteiger partial charge in [-0.25, -0.2) is 18.1 Å². The first kappa shape index (κ1) is 15.6. The molecule has 0 bridgehead atoms. The molecule has 2 rings (SSSR count). The second-order valence-corrected chi connectivity index (χ2v) is 6.75. The van der Waals surface area contributed by atoms with Gasteiger partial charge in [-0.1, -0.05) is 0 Å². The van der Waals surface area contributed by atoms with E-state index in [1.165, 1.54) is 37.5 Å². The predicted molar refractivity (Wildman–Crippen MR) is 82.6 cm³/mol. The molecule has 2 aromatic rings. The first-order valence-electron chi connectivity index (χ1n) is 5.89. The van der Waals surface area contributed by atoms with Crippen molar-refractivity contribution in [2.75, 3.05) is 12.4 Å². The summed E-state index contributed by atoms with van der Waals surface area (Å²) in [4.78, 5) is 16.1. The number of rotatable bonds is 4. The monoisotopic (exact) mass is 369 g/mol. The highest BCUT2D eigenvalue weighted by atomic mass is 79.9. The van der Waals surface area contributed by atoms with Gasteiger partial charge >= 0.3 is 0 Å². The number of amides is 1. The molecule has 1 amide bonds. The molecule has 6 nitrogen and oxygen atoms in total. The Morgan fingerprint density at radius 3 is 2.43 bits per heavy atom. The summed E-state index contributed by atoms with van der Waals surface area (Å²) >= 11 is 3.19. The van der Waals surface area contributed by atoms with E-state index in [2.05, 4.69) is 31.0 Å². The molecule has 0 saturated carbocycles. The van der Waals surface area contributed by atoms with Crippen LogP contribution < -0.4 is 10.0 Å². The minimum atomic E-state index is -3.48. The summed E-state index contributed by atoms with van der Waals surface area (Å²) in [6.45, 7) is 0. The van der Waals surface area contributed by atoms with Gasteiger partial charge in [0.1, 0.15) is 4.60 Å². The number of carbonyl (C=O) groups excluding carboxylic acids is 1. The van der Waals surface area contributed by atoms with Crippen LogP contribution in [0.3, 0.4) is 0 Å². The Labute approximate surface area is 130 Å². The van der Waals surface area contributed by atoms with E-state index in [0.717, 1.165) is 0 Å². The highest BCUT2D eigenvalue weighted by molar-refractivity contribution is 9.10. The van der Waals surface area contributed by atoms with Gasteiger partial charge in [0.15, 0.2) is 0 Å². The lowest BCUT2D eigenvalue weighted by Crippen LogP contribution is -2.18. The van der Waals surface area contributed by atoms with Gasteiger partial charge in [-0.15, -0.1) is 0 Å². The van der Waals surface area contributed by atoms with Crippen LogP contribution in [0.2, 0.25) is 0 Å². The van der Waals surface area contributed by atoms with Crippen LogP contribution in [0, 0.1) is 0 Å². The summed E-state index contributed by atoms with van der Waals surface area (Å²) in [5.74, 6) is -0.303. The smallest absolute Gasteiger partial charge is 0.255 e. The van der Waals surface area contributed by atoms with Gasteiger partial charge in [0.05, 0.1) is 4.90 Å². The Morgan fingerprint density at radius 1 is 1.19 bits per heavy atom. The highest BCUT2D eigenvalue weighted by Crippen LogP contribution is 2.15. The topological polar surface area (TPSA) is 88.2 Å². The van der Waals surface area contributed by atoms with Crippen molar-refractivity contribution in [1.82, 2.24) is 9.71 Å². The second kappa shape index (κ2) is 6.33. The number of halogens is 1. The Kier molecular flexibility index (Phi) is 4.71. The van der Waals surface area contributed by atoms with Gasteiger partial charge < -0.3 is 5.32 Å². The molecular formula is C13H12BrN3O3S. The van der Waals surface area contributed by atoms with Crippen molar-refractivity contribution in [2.24, 2.45) is 0 Å². The maximum absolute atomic E-state index is 12.0. The fraction of sp³-hybridized carbons (Fsp3) is 0.0769. The van der Waals surface area contributed by atoms with Crippen LogP contribution in [-0.4, -0.2) is 26.4 Å². The number of hydrogen-bond acceptors (Lipinski definition) is 4. The minimum absolute atomic E-state index is 0.134. The first-order valence-corrected chi connectivity index (χ1v) is 8.16. The molecule has 2 N–H and O–H groups in total. The van der Waals surface area contributed by atoms with Gasteiger partial charge in [0, 0.05) is 17.4 Å². The molecule has 0 saturated heterocycles. The summed E-state index contributed by atoms with van der Waals surface area (Å²) < 4.78 is 25.9. The fourth-order valence-corrected chi connectivity index (χ4v) is 2.68. The summed E-state index contributed by atoms with van der Waals surface area (Å²) in [7, 11) is -2.14. The number of nitrogens with one attached hydrogen (secondary N) is 2. The molecule has 8 heteroatoms. The van der Waals surface area contributed by atoms with E-state index in [0.29, 0.717) is 15.9 Å². The third kappa shape index (κ3) is 3.87. The Hall–Kier alpha value is -1.77. The Balaban J connectivity index is 2.16. The molecule has 0 radical (unpaired) electrons. The number of nitrogens with zero attached hydrogens (tertiary/aromatic N) is 1. The van der Waals surface area contributed by atoms with Crippen molar-refractivity contribution in [3.63, 3.8) is 0 Å². The zero-order valence-electron chi connectivity index (χ0n) is 11.0. The van der Waals surface area contributed by atoms with E-state index >= 15 is 0 Å². The third-order valence-corrected chi connectivity index (χ3v) is 4.54. The molecule has 0 aliphatic carbocycles. The van der Waals surface area contributed by atoms with E-state index in [1.807, 2.05) is 0 Å². The molecule has 1 aromatic carbocycles. The lowest BCUT2D eigenvalue weighted by Gasteiger charge is -2.07. The van der Waals surface area contributed by atoms with Crippen LogP contribution in [0.1, 0.15) is 10.4 Å². The van der Waals surface area contributed by atoms with Crippen LogP contribution in [0.4, 0.5) is 5.69 Å². The average Bonchev–Trinajstić information content (AvgIpc) is 2.48. The molecule has 0 aliphatic rings. The molecule has 0 unspecified atom stereocenters. The van der Waals surface area contributed by atoms with Gasteiger partial charge in [-0.2, -0.15) is 0 Å². The summed E-state index contributed by atoms with van der Waals surface area (Å²) in [5.41, 5.74) is 0.951. The van der Waals surface area contributed by atoms with Crippen LogP contribution in [-0.2, 0) is 10.0 Å². The van der Waals surface area contributed by atoms with Gasteiger partial charge in [-0.3, -0.25) is 4.79 Å². The molecular weight excluding hydrogens is 358 g/mol. The maximum Gasteiger partial charge on any atom is 0.255 e. The van der Waals surface area contributed by atoms with Crippen molar-refractivity contribution in [3.05, 3.63) is 52.8 Å². The van der Waals surface area contributed by atoms with E-state index in [-0.39, 0.29) is 10.8 Å². The SMILES string of the molecule is CNS(=O)(=O)c1ccc(NC(=O)c2ccnc(Br)c2)cc1. The molecule has 0 fully saturated rings. The van der Waals surface area contributed by atoms with E-state index in [1.54, 1.807) is 12.1 Å². The lowest BCUT2D eigenvalue weighted by molar-refractivity contribution is 0.102. The molecule has 0 aliphatic heterocycles. The van der Waals surface area contributed by atoms with E-state index in [9.17, 15) is 13.2 Å². The first-order chi connectivity index (χ1) is 9.92. The second-order valence-electron chi connectivity index (χ2n) is 4.05. The van der Waals surface area contributed by atoms with Crippen molar-refractivity contribution >= 4 is 37.5 Å². The summed E-state index contributed by atoms with van der Waals surface area (Å²) in [5, 5.41) is 2.68. The Morgan fingerprint density at radius 2 is 1.86 bits per heavy atom. The molecule has 0 atom stereocenters. The van der Waals surface area contributed by atoms with Crippen molar-refractivity contribution in [1.29, 1.82) is 0 Å². The molecule has 21 heavy (non-hydrogen) atoms. The van der Waals surface area contributed by atoms with E-state index in [4.69, 9.17) is 0 Å². The highest BCUT2D eigenvalue weighted by Gasteiger charge is 2.11. The molecule has 1 aromatic heterocycles. The van der Waals surface area contributed by atoms with Crippen LogP contribution in [0.25, 0.3) is 0 Å². The van der Waals surface area contributed by atoms with Crippen molar-refractivity contribution < 1.29 is 13.2 Å². The normalized spacial score (nSPS) is 11.1. The standard InChI is InChI=1S/C13H12BrN3O3S/c1-15-21(19,20)11-4-2-10(3-5-11)17-13(18)9-6-7-16-12(14)8-9/h2-8,15H,1H3,(H,17,18). The number of carbonyl (C=O) groups is 1. The van der Waals surface area contributed by atoms with Crippen molar-refractivity contribution in [3.8, 4) is 0 Å². The summed E-state index contributed by atoms with van der Waals surface area (Å²) in [6, 6.07) is 9.07. The third-order valence-electron chi connectivity index (χ3n) is 2.68. The zero-order valence-corrected chi connectivity index (χ0v) is 13.4.